The number of rotatable bonds is 3. The summed E-state index contributed by atoms with van der Waals surface area (Å²) in [5, 5.41) is 4.34. The van der Waals surface area contributed by atoms with Gasteiger partial charge in [-0.3, -0.25) is 9.69 Å². The Morgan fingerprint density at radius 1 is 1.24 bits per heavy atom. The van der Waals surface area contributed by atoms with Crippen molar-refractivity contribution >= 4 is 11.6 Å². The predicted octanol–water partition coefficient (Wildman–Crippen LogP) is 1.98. The highest BCUT2D eigenvalue weighted by atomic mass is 16.2. The second-order valence-corrected chi connectivity index (χ2v) is 7.39. The van der Waals surface area contributed by atoms with Gasteiger partial charge in [0.1, 0.15) is 0 Å². The van der Waals surface area contributed by atoms with Gasteiger partial charge in [-0.1, -0.05) is 6.42 Å². The molecule has 4 rings (SSSR count). The lowest BCUT2D eigenvalue weighted by molar-refractivity contribution is -0.134. The molecule has 0 bridgehead atoms. The van der Waals surface area contributed by atoms with E-state index in [-0.39, 0.29) is 5.91 Å². The Kier molecular flexibility index (Phi) is 4.46. The highest BCUT2D eigenvalue weighted by molar-refractivity contribution is 5.76. The normalized spacial score (nSPS) is 21.5. The Morgan fingerprint density at radius 2 is 2.12 bits per heavy atom. The average molecular weight is 341 g/mol. The summed E-state index contributed by atoms with van der Waals surface area (Å²) in [5.74, 6) is 0.282. The summed E-state index contributed by atoms with van der Waals surface area (Å²) < 4.78 is 1.87. The number of nitrogens with zero attached hydrogens (tertiary/aromatic N) is 5. The van der Waals surface area contributed by atoms with Crippen LogP contribution in [0.1, 0.15) is 42.6 Å². The number of carbonyl (C=O) groups is 1. The van der Waals surface area contributed by atoms with Crippen molar-refractivity contribution in [3.63, 3.8) is 0 Å². The molecule has 2 fully saturated rings. The zero-order valence-electron chi connectivity index (χ0n) is 15.2. The first kappa shape index (κ1) is 16.5. The van der Waals surface area contributed by atoms with Crippen LogP contribution in [-0.4, -0.2) is 62.5 Å². The zero-order chi connectivity index (χ0) is 17.4. The highest BCUT2D eigenvalue weighted by Crippen LogP contribution is 2.22. The summed E-state index contributed by atoms with van der Waals surface area (Å²) in [7, 11) is 0. The Bertz CT molecular complexity index is 783. The highest BCUT2D eigenvalue weighted by Gasteiger charge is 2.30. The van der Waals surface area contributed by atoms with Crippen molar-refractivity contribution in [3.8, 4) is 0 Å². The molecule has 2 aromatic heterocycles. The molecule has 2 aliphatic rings. The summed E-state index contributed by atoms with van der Waals surface area (Å²) in [6.07, 6.45) is 6.92. The van der Waals surface area contributed by atoms with Crippen molar-refractivity contribution in [2.45, 2.75) is 52.0 Å². The monoisotopic (exact) mass is 341 g/mol. The molecule has 0 aromatic carbocycles. The second-order valence-electron chi connectivity index (χ2n) is 7.39. The van der Waals surface area contributed by atoms with Crippen LogP contribution in [-0.2, 0) is 11.2 Å². The fraction of sp³-hybridized carbons (Fsp3) is 0.632. The van der Waals surface area contributed by atoms with Crippen LogP contribution >= 0.6 is 0 Å². The van der Waals surface area contributed by atoms with Gasteiger partial charge in [0.15, 0.2) is 5.65 Å². The number of piperidine rings is 1. The van der Waals surface area contributed by atoms with E-state index in [4.69, 9.17) is 0 Å². The Labute approximate surface area is 148 Å². The quantitative estimate of drug-likeness (QED) is 0.857. The summed E-state index contributed by atoms with van der Waals surface area (Å²) in [5.41, 5.74) is 4.13. The van der Waals surface area contributed by atoms with Crippen LogP contribution in [0.15, 0.2) is 12.3 Å². The number of hydrogen-bond acceptors (Lipinski definition) is 4. The molecule has 1 atom stereocenters. The van der Waals surface area contributed by atoms with Crippen LogP contribution in [0.5, 0.6) is 0 Å². The van der Waals surface area contributed by atoms with E-state index in [1.165, 1.54) is 25.8 Å². The Morgan fingerprint density at radius 3 is 3.00 bits per heavy atom. The molecule has 6 heteroatoms. The lowest BCUT2D eigenvalue weighted by atomic mass is 9.99. The number of amides is 1. The van der Waals surface area contributed by atoms with Crippen molar-refractivity contribution in [2.24, 2.45) is 0 Å². The van der Waals surface area contributed by atoms with E-state index in [9.17, 15) is 4.79 Å². The second kappa shape index (κ2) is 6.75. The number of piperazine rings is 1. The maximum atomic E-state index is 12.7. The summed E-state index contributed by atoms with van der Waals surface area (Å²) in [4.78, 5) is 22.0. The van der Waals surface area contributed by atoms with E-state index >= 15 is 0 Å². The van der Waals surface area contributed by atoms with Gasteiger partial charge in [-0.2, -0.15) is 5.10 Å². The summed E-state index contributed by atoms with van der Waals surface area (Å²) in [6, 6.07) is 2.50. The third-order valence-corrected chi connectivity index (χ3v) is 5.88. The summed E-state index contributed by atoms with van der Waals surface area (Å²) >= 11 is 0. The van der Waals surface area contributed by atoms with Crippen molar-refractivity contribution in [2.75, 3.05) is 26.2 Å². The number of carbonyl (C=O) groups excluding carboxylic acids is 1. The van der Waals surface area contributed by atoms with Crippen molar-refractivity contribution < 1.29 is 4.79 Å². The maximum absolute atomic E-state index is 12.7. The first-order valence-corrected chi connectivity index (χ1v) is 9.45. The molecule has 0 spiro atoms. The lowest BCUT2D eigenvalue weighted by Crippen LogP contribution is -2.56. The molecule has 2 saturated heterocycles. The SMILES string of the molecule is Cc1nc2ccnn2c(C)c1CCC(=O)N1CCN2CCCC[C@@H]2C1. The zero-order valence-corrected chi connectivity index (χ0v) is 15.2. The van der Waals surface area contributed by atoms with Crippen molar-refractivity contribution in [1.29, 1.82) is 0 Å². The molecular weight excluding hydrogens is 314 g/mol. The molecule has 6 nitrogen and oxygen atoms in total. The molecule has 0 aliphatic carbocycles. The van der Waals surface area contributed by atoms with E-state index in [2.05, 4.69) is 26.8 Å². The van der Waals surface area contributed by atoms with Gasteiger partial charge < -0.3 is 4.90 Å². The molecule has 0 N–H and O–H groups in total. The Hall–Kier alpha value is -1.95. The molecule has 134 valence electrons. The van der Waals surface area contributed by atoms with Gasteiger partial charge in [0.2, 0.25) is 5.91 Å². The predicted molar refractivity (Wildman–Crippen MR) is 96.6 cm³/mol. The third kappa shape index (κ3) is 3.15. The fourth-order valence-electron chi connectivity index (χ4n) is 4.40. The number of fused-ring (bicyclic) bond motifs is 2. The molecule has 1 amide bonds. The van der Waals surface area contributed by atoms with Crippen LogP contribution in [0.4, 0.5) is 0 Å². The van der Waals surface area contributed by atoms with Gasteiger partial charge in [-0.25, -0.2) is 9.50 Å². The molecule has 0 radical (unpaired) electrons. The molecular formula is C19H27N5O. The lowest BCUT2D eigenvalue weighted by Gasteiger charge is -2.44. The van der Waals surface area contributed by atoms with E-state index < -0.39 is 0 Å². The van der Waals surface area contributed by atoms with Crippen LogP contribution in [0.25, 0.3) is 5.65 Å². The maximum Gasteiger partial charge on any atom is 0.223 e. The van der Waals surface area contributed by atoms with Crippen LogP contribution < -0.4 is 0 Å². The van der Waals surface area contributed by atoms with Gasteiger partial charge >= 0.3 is 0 Å². The van der Waals surface area contributed by atoms with Gasteiger partial charge in [0, 0.05) is 49.6 Å². The molecule has 0 unspecified atom stereocenters. The first-order valence-electron chi connectivity index (χ1n) is 9.45. The molecule has 2 aliphatic heterocycles. The van der Waals surface area contributed by atoms with E-state index in [1.54, 1.807) is 6.20 Å². The summed E-state index contributed by atoms with van der Waals surface area (Å²) in [6.45, 7) is 8.13. The van der Waals surface area contributed by atoms with Gasteiger partial charge in [0.05, 0.1) is 6.20 Å². The van der Waals surface area contributed by atoms with E-state index in [0.717, 1.165) is 48.7 Å². The molecule has 2 aromatic rings. The van der Waals surface area contributed by atoms with Crippen molar-refractivity contribution in [1.82, 2.24) is 24.4 Å². The molecule has 0 saturated carbocycles. The van der Waals surface area contributed by atoms with Crippen molar-refractivity contribution in [3.05, 3.63) is 29.2 Å². The number of aromatic nitrogens is 3. The Balaban J connectivity index is 1.42. The minimum atomic E-state index is 0.282. The largest absolute Gasteiger partial charge is 0.340 e. The average Bonchev–Trinajstić information content (AvgIpc) is 3.09. The van der Waals surface area contributed by atoms with Crippen LogP contribution in [0.3, 0.4) is 0 Å². The molecule has 4 heterocycles. The van der Waals surface area contributed by atoms with Gasteiger partial charge in [-0.15, -0.1) is 0 Å². The number of hydrogen-bond donors (Lipinski definition) is 0. The van der Waals surface area contributed by atoms with Crippen LogP contribution in [0.2, 0.25) is 0 Å². The minimum Gasteiger partial charge on any atom is -0.340 e. The minimum absolute atomic E-state index is 0.282. The topological polar surface area (TPSA) is 53.7 Å². The van der Waals surface area contributed by atoms with E-state index in [1.807, 2.05) is 17.5 Å². The third-order valence-electron chi connectivity index (χ3n) is 5.88. The van der Waals surface area contributed by atoms with Gasteiger partial charge in [-0.05, 0) is 45.2 Å². The first-order chi connectivity index (χ1) is 12.1. The van der Waals surface area contributed by atoms with E-state index in [0.29, 0.717) is 12.5 Å². The number of aryl methyl sites for hydroxylation is 2. The smallest absolute Gasteiger partial charge is 0.223 e. The van der Waals surface area contributed by atoms with Crippen LogP contribution in [0, 0.1) is 13.8 Å². The molecule has 25 heavy (non-hydrogen) atoms. The standard InChI is InChI=1S/C19H27N5O/c1-14-17(15(2)24-18(21-14)8-9-20-24)6-7-19(25)23-12-11-22-10-4-3-5-16(22)13-23/h8-9,16H,3-7,10-13H2,1-2H3/t16-/m1/s1. The van der Waals surface area contributed by atoms with Gasteiger partial charge in [0.25, 0.3) is 0 Å². The fourth-order valence-corrected chi connectivity index (χ4v) is 4.40.